The number of nitrogens with zero attached hydrogens (tertiary/aromatic N) is 4. The third-order valence-corrected chi connectivity index (χ3v) is 5.46. The van der Waals surface area contributed by atoms with Crippen LogP contribution in [0, 0.1) is 17.7 Å². The van der Waals surface area contributed by atoms with Crippen LogP contribution >= 0.6 is 0 Å². The second-order valence-corrected chi connectivity index (χ2v) is 7.69. The lowest BCUT2D eigenvalue weighted by Crippen LogP contribution is -2.44. The molecule has 0 unspecified atom stereocenters. The molecule has 34 heavy (non-hydrogen) atoms. The van der Waals surface area contributed by atoms with E-state index >= 15 is 0 Å². The first-order chi connectivity index (χ1) is 16.3. The van der Waals surface area contributed by atoms with Crippen molar-refractivity contribution >= 4 is 34.3 Å². The maximum atomic E-state index is 14.6. The number of alkyl halides is 1. The number of pyridine rings is 1. The highest BCUT2D eigenvalue weighted by molar-refractivity contribution is 6.04. The highest BCUT2D eigenvalue weighted by Crippen LogP contribution is 2.25. The number of nitrogens with one attached hydrogen (secondary N) is 1. The van der Waals surface area contributed by atoms with E-state index < -0.39 is 35.8 Å². The average molecular weight is 466 g/mol. The zero-order chi connectivity index (χ0) is 24.4. The van der Waals surface area contributed by atoms with E-state index in [4.69, 9.17) is 5.73 Å². The standard InChI is InChI=1S/C23H20F2N6O3/c1-2-4-13-5-3-6-16(20(13)25)28-23(34)17-9-14(24)11-30(17)19(32)12-31-18-10-27-8-7-15(18)21(29-31)22(26)33/h3,5-8,10,14,17H,9,11-12H2,1H3,(H2,26,33)(H,28,34)/t14-,17+/m1/s1. The van der Waals surface area contributed by atoms with Crippen molar-refractivity contribution in [3.05, 3.63) is 53.7 Å². The molecule has 1 aromatic carbocycles. The van der Waals surface area contributed by atoms with Gasteiger partial charge in [0.05, 0.1) is 29.5 Å². The van der Waals surface area contributed by atoms with Crippen molar-refractivity contribution in [3.8, 4) is 11.8 Å². The van der Waals surface area contributed by atoms with Crippen LogP contribution in [0.2, 0.25) is 0 Å². The van der Waals surface area contributed by atoms with Gasteiger partial charge in [-0.2, -0.15) is 5.10 Å². The van der Waals surface area contributed by atoms with Gasteiger partial charge in [0, 0.05) is 18.0 Å². The van der Waals surface area contributed by atoms with Gasteiger partial charge in [0.2, 0.25) is 11.8 Å². The largest absolute Gasteiger partial charge is 0.364 e. The van der Waals surface area contributed by atoms with Crippen LogP contribution in [0.15, 0.2) is 36.7 Å². The minimum absolute atomic E-state index is 0.0326. The maximum Gasteiger partial charge on any atom is 0.269 e. The number of likely N-dealkylation sites (tertiary alicyclic amines) is 1. The lowest BCUT2D eigenvalue weighted by Gasteiger charge is -2.24. The van der Waals surface area contributed by atoms with Gasteiger partial charge in [-0.1, -0.05) is 12.0 Å². The summed E-state index contributed by atoms with van der Waals surface area (Å²) in [7, 11) is 0. The monoisotopic (exact) mass is 466 g/mol. The summed E-state index contributed by atoms with van der Waals surface area (Å²) in [6.45, 7) is 0.877. The highest BCUT2D eigenvalue weighted by atomic mass is 19.1. The van der Waals surface area contributed by atoms with Gasteiger partial charge in [0.1, 0.15) is 18.8 Å². The molecule has 4 rings (SSSR count). The van der Waals surface area contributed by atoms with Crippen molar-refractivity contribution in [1.82, 2.24) is 19.7 Å². The van der Waals surface area contributed by atoms with E-state index in [9.17, 15) is 23.2 Å². The van der Waals surface area contributed by atoms with Gasteiger partial charge in [0.15, 0.2) is 11.5 Å². The Morgan fingerprint density at radius 1 is 1.29 bits per heavy atom. The van der Waals surface area contributed by atoms with Crippen LogP contribution in [0.1, 0.15) is 29.4 Å². The first-order valence-electron chi connectivity index (χ1n) is 10.4. The third kappa shape index (κ3) is 4.30. The van der Waals surface area contributed by atoms with Crippen LogP contribution in [0.25, 0.3) is 10.9 Å². The molecule has 2 aromatic heterocycles. The highest BCUT2D eigenvalue weighted by Gasteiger charge is 2.40. The molecule has 3 N–H and O–H groups in total. The Labute approximate surface area is 192 Å². The van der Waals surface area contributed by atoms with Crippen molar-refractivity contribution in [1.29, 1.82) is 0 Å². The molecule has 174 valence electrons. The molecule has 1 aliphatic heterocycles. The fraction of sp³-hybridized carbons (Fsp3) is 0.261. The van der Waals surface area contributed by atoms with E-state index in [1.165, 1.54) is 35.3 Å². The van der Waals surface area contributed by atoms with Gasteiger partial charge in [0.25, 0.3) is 5.91 Å². The smallest absolute Gasteiger partial charge is 0.269 e. The Morgan fingerprint density at radius 2 is 2.09 bits per heavy atom. The van der Waals surface area contributed by atoms with Gasteiger partial charge in [-0.3, -0.25) is 24.0 Å². The van der Waals surface area contributed by atoms with Crippen molar-refractivity contribution in [2.45, 2.75) is 32.1 Å². The average Bonchev–Trinajstić information content (AvgIpc) is 3.38. The number of benzene rings is 1. The summed E-state index contributed by atoms with van der Waals surface area (Å²) in [5.41, 5.74) is 5.71. The second-order valence-electron chi connectivity index (χ2n) is 7.69. The zero-order valence-electron chi connectivity index (χ0n) is 18.1. The SMILES string of the molecule is CC#Cc1cccc(NC(=O)[C@@H]2C[C@@H](F)CN2C(=O)Cn2nc(C(N)=O)c3ccncc32)c1F. The molecular weight excluding hydrogens is 446 g/mol. The fourth-order valence-electron chi connectivity index (χ4n) is 3.93. The van der Waals surface area contributed by atoms with Crippen molar-refractivity contribution in [2.24, 2.45) is 5.73 Å². The first kappa shape index (κ1) is 22.8. The molecule has 1 aliphatic rings. The molecule has 0 radical (unpaired) electrons. The Kier molecular flexibility index (Phi) is 6.23. The number of hydrogen-bond donors (Lipinski definition) is 2. The lowest BCUT2D eigenvalue weighted by molar-refractivity contribution is -0.137. The summed E-state index contributed by atoms with van der Waals surface area (Å²) in [5.74, 6) is 2.37. The summed E-state index contributed by atoms with van der Waals surface area (Å²) in [6, 6.07) is 4.74. The van der Waals surface area contributed by atoms with E-state index in [0.29, 0.717) is 10.9 Å². The number of aromatic nitrogens is 3. The van der Waals surface area contributed by atoms with Crippen molar-refractivity contribution in [2.75, 3.05) is 11.9 Å². The third-order valence-electron chi connectivity index (χ3n) is 5.46. The normalized spacial score (nSPS) is 17.3. The summed E-state index contributed by atoms with van der Waals surface area (Å²) >= 11 is 0. The molecule has 0 spiro atoms. The number of primary amides is 1. The van der Waals surface area contributed by atoms with Gasteiger partial charge in [-0.25, -0.2) is 8.78 Å². The number of anilines is 1. The molecule has 0 aliphatic carbocycles. The summed E-state index contributed by atoms with van der Waals surface area (Å²) in [4.78, 5) is 42.7. The molecule has 0 bridgehead atoms. The van der Waals surface area contributed by atoms with Gasteiger partial charge in [-0.15, -0.1) is 5.92 Å². The van der Waals surface area contributed by atoms with E-state index in [1.807, 2.05) is 0 Å². The summed E-state index contributed by atoms with van der Waals surface area (Å²) in [5, 5.41) is 6.94. The minimum Gasteiger partial charge on any atom is -0.364 e. The van der Waals surface area contributed by atoms with Crippen LogP contribution < -0.4 is 11.1 Å². The van der Waals surface area contributed by atoms with Gasteiger partial charge >= 0.3 is 0 Å². The molecule has 3 heterocycles. The predicted octanol–water partition coefficient (Wildman–Crippen LogP) is 1.62. The summed E-state index contributed by atoms with van der Waals surface area (Å²) < 4.78 is 30.1. The lowest BCUT2D eigenvalue weighted by atomic mass is 10.1. The molecule has 2 atom stereocenters. The minimum atomic E-state index is -1.43. The first-order valence-corrected chi connectivity index (χ1v) is 10.4. The maximum absolute atomic E-state index is 14.6. The second kappa shape index (κ2) is 9.27. The van der Waals surface area contributed by atoms with Gasteiger partial charge < -0.3 is 16.0 Å². The number of rotatable bonds is 5. The number of nitrogens with two attached hydrogens (primary N) is 1. The molecule has 9 nitrogen and oxygen atoms in total. The Balaban J connectivity index is 1.56. The molecule has 3 amide bonds. The number of carbonyl (C=O) groups is 3. The molecule has 3 aromatic rings. The van der Waals surface area contributed by atoms with E-state index in [1.54, 1.807) is 13.0 Å². The van der Waals surface area contributed by atoms with Crippen molar-refractivity contribution in [3.63, 3.8) is 0 Å². The van der Waals surface area contributed by atoms with Crippen LogP contribution in [0.4, 0.5) is 14.5 Å². The molecule has 1 saturated heterocycles. The van der Waals surface area contributed by atoms with E-state index in [2.05, 4.69) is 27.2 Å². The van der Waals surface area contributed by atoms with E-state index in [-0.39, 0.29) is 36.5 Å². The number of fused-ring (bicyclic) bond motifs is 1. The van der Waals surface area contributed by atoms with Crippen LogP contribution in [0.5, 0.6) is 0 Å². The predicted molar refractivity (Wildman–Crippen MR) is 119 cm³/mol. The fourth-order valence-corrected chi connectivity index (χ4v) is 3.93. The van der Waals surface area contributed by atoms with Crippen LogP contribution in [-0.2, 0) is 16.1 Å². The quantitative estimate of drug-likeness (QED) is 0.553. The number of carbonyl (C=O) groups excluding carboxylic acids is 3. The van der Waals surface area contributed by atoms with Gasteiger partial charge in [-0.05, 0) is 25.1 Å². The van der Waals surface area contributed by atoms with Crippen LogP contribution in [-0.4, -0.2) is 56.1 Å². The summed E-state index contributed by atoms with van der Waals surface area (Å²) in [6.07, 6.45) is 1.21. The van der Waals surface area contributed by atoms with E-state index in [0.717, 1.165) is 4.90 Å². The number of halogens is 2. The molecule has 1 fully saturated rings. The molecule has 0 saturated carbocycles. The zero-order valence-corrected chi connectivity index (χ0v) is 18.1. The van der Waals surface area contributed by atoms with Crippen LogP contribution in [0.3, 0.4) is 0 Å². The number of hydrogen-bond acceptors (Lipinski definition) is 5. The van der Waals surface area contributed by atoms with Crippen molar-refractivity contribution < 1.29 is 23.2 Å². The Morgan fingerprint density at radius 3 is 2.82 bits per heavy atom. The molecule has 11 heteroatoms. The Bertz CT molecular complexity index is 1360. The Hall–Kier alpha value is -4.33. The number of amides is 3. The molecular formula is C23H20F2N6O3. The topological polar surface area (TPSA) is 123 Å².